The number of aromatic nitrogens is 3. The normalized spacial score (nSPS) is 12.7. The molecule has 0 aliphatic carbocycles. The maximum atomic E-state index is 12.7. The molecule has 0 radical (unpaired) electrons. The molecule has 0 fully saturated rings. The monoisotopic (exact) mass is 409 g/mol. The highest BCUT2D eigenvalue weighted by molar-refractivity contribution is 7.99. The lowest BCUT2D eigenvalue weighted by Crippen LogP contribution is -2.08. The summed E-state index contributed by atoms with van der Waals surface area (Å²) < 4.78 is 38.0. The van der Waals surface area contributed by atoms with Gasteiger partial charge in [0.15, 0.2) is 5.82 Å². The van der Waals surface area contributed by atoms with Crippen molar-refractivity contribution >= 4 is 40.7 Å². The summed E-state index contributed by atoms with van der Waals surface area (Å²) in [4.78, 5) is 13.3. The van der Waals surface area contributed by atoms with Gasteiger partial charge in [0.25, 0.3) is 0 Å². The van der Waals surface area contributed by atoms with E-state index in [9.17, 15) is 13.2 Å². The van der Waals surface area contributed by atoms with E-state index in [0.717, 1.165) is 33.4 Å². The summed E-state index contributed by atoms with van der Waals surface area (Å²) in [5.41, 5.74) is 0.915. The number of rotatable bonds is 3. The summed E-state index contributed by atoms with van der Waals surface area (Å²) in [7, 11) is 0. The van der Waals surface area contributed by atoms with Gasteiger partial charge in [0.05, 0.1) is 16.3 Å². The van der Waals surface area contributed by atoms with Gasteiger partial charge in [-0.25, -0.2) is 15.0 Å². The Kier molecular flexibility index (Phi) is 4.56. The van der Waals surface area contributed by atoms with Crippen LogP contribution in [0.3, 0.4) is 0 Å². The van der Waals surface area contributed by atoms with Crippen molar-refractivity contribution in [2.24, 2.45) is 0 Å². The molecule has 10 heteroatoms. The molecule has 5 nitrogen and oxygen atoms in total. The van der Waals surface area contributed by atoms with Crippen LogP contribution in [0.1, 0.15) is 11.1 Å². The minimum absolute atomic E-state index is 0.0827. The molecule has 3 aromatic rings. The van der Waals surface area contributed by atoms with Crippen LogP contribution >= 0.6 is 23.4 Å². The second-order valence-corrected chi connectivity index (χ2v) is 7.11. The molecule has 4 rings (SSSR count). The van der Waals surface area contributed by atoms with Crippen molar-refractivity contribution in [1.82, 2.24) is 15.0 Å². The topological polar surface area (TPSA) is 62.7 Å². The van der Waals surface area contributed by atoms with Crippen LogP contribution in [-0.4, -0.2) is 15.0 Å². The van der Waals surface area contributed by atoms with Crippen LogP contribution in [-0.2, 0) is 12.7 Å². The fraction of sp³-hybridized carbons (Fsp3) is 0.118. The molecule has 0 bridgehead atoms. The fourth-order valence-electron chi connectivity index (χ4n) is 2.50. The number of hydrogen-bond acceptors (Lipinski definition) is 6. The minimum atomic E-state index is -4.48. The van der Waals surface area contributed by atoms with Crippen molar-refractivity contribution in [3.05, 3.63) is 59.0 Å². The number of nitrogens with zero attached hydrogens (tertiary/aromatic N) is 3. The molecule has 2 aromatic heterocycles. The number of nitrogens with one attached hydrogen (secondary N) is 2. The second kappa shape index (κ2) is 6.90. The van der Waals surface area contributed by atoms with E-state index in [1.165, 1.54) is 11.8 Å². The third-order valence-corrected chi connectivity index (χ3v) is 5.15. The van der Waals surface area contributed by atoms with Gasteiger partial charge < -0.3 is 10.6 Å². The highest BCUT2D eigenvalue weighted by Gasteiger charge is 2.31. The van der Waals surface area contributed by atoms with E-state index in [1.54, 1.807) is 12.4 Å². The van der Waals surface area contributed by atoms with Crippen LogP contribution in [0.15, 0.2) is 52.8 Å². The minimum Gasteiger partial charge on any atom is -0.365 e. The molecule has 0 unspecified atom stereocenters. The van der Waals surface area contributed by atoms with E-state index >= 15 is 0 Å². The standard InChI is InChI=1S/C17H11ClF3N5S/c18-11-6-10(17(19,20)21)8-25-14(11)24-7-9-1-2-13-12(5-9)26-15-16(27-13)23-4-3-22-15/h1-6,8H,7H2,(H,22,26)(H,24,25). The molecule has 27 heavy (non-hydrogen) atoms. The molecular formula is C17H11ClF3N5S. The van der Waals surface area contributed by atoms with Crippen molar-refractivity contribution in [3.63, 3.8) is 0 Å². The van der Waals surface area contributed by atoms with E-state index in [4.69, 9.17) is 11.6 Å². The quantitative estimate of drug-likeness (QED) is 0.474. The molecule has 0 saturated heterocycles. The predicted molar refractivity (Wildman–Crippen MR) is 97.5 cm³/mol. The van der Waals surface area contributed by atoms with Crippen molar-refractivity contribution in [3.8, 4) is 0 Å². The van der Waals surface area contributed by atoms with Crippen molar-refractivity contribution in [1.29, 1.82) is 0 Å². The Morgan fingerprint density at radius 1 is 1.11 bits per heavy atom. The van der Waals surface area contributed by atoms with Gasteiger partial charge in [-0.1, -0.05) is 29.4 Å². The highest BCUT2D eigenvalue weighted by Crippen LogP contribution is 2.42. The SMILES string of the molecule is FC(F)(F)c1cnc(NCc2ccc3c(c2)Nc2nccnc2S3)c(Cl)c1. The molecule has 2 N–H and O–H groups in total. The van der Waals surface area contributed by atoms with Gasteiger partial charge in [-0.3, -0.25) is 0 Å². The molecule has 0 amide bonds. The smallest absolute Gasteiger partial charge is 0.365 e. The largest absolute Gasteiger partial charge is 0.417 e. The summed E-state index contributed by atoms with van der Waals surface area (Å²) >= 11 is 7.43. The summed E-state index contributed by atoms with van der Waals surface area (Å²) in [5.74, 6) is 0.883. The number of anilines is 3. The third-order valence-electron chi connectivity index (χ3n) is 3.80. The Labute approximate surface area is 161 Å². The zero-order valence-corrected chi connectivity index (χ0v) is 15.1. The second-order valence-electron chi connectivity index (χ2n) is 5.67. The number of hydrogen-bond donors (Lipinski definition) is 2. The molecular weight excluding hydrogens is 399 g/mol. The summed E-state index contributed by atoms with van der Waals surface area (Å²) in [6.45, 7) is 0.352. The van der Waals surface area contributed by atoms with E-state index in [2.05, 4.69) is 25.6 Å². The van der Waals surface area contributed by atoms with Crippen LogP contribution < -0.4 is 10.6 Å². The maximum absolute atomic E-state index is 12.7. The van der Waals surface area contributed by atoms with E-state index < -0.39 is 11.7 Å². The van der Waals surface area contributed by atoms with Crippen molar-refractivity contribution in [2.75, 3.05) is 10.6 Å². The fourth-order valence-corrected chi connectivity index (χ4v) is 3.61. The van der Waals surface area contributed by atoms with Crippen LogP contribution in [0.2, 0.25) is 5.02 Å². The van der Waals surface area contributed by atoms with Gasteiger partial charge in [0.2, 0.25) is 0 Å². The van der Waals surface area contributed by atoms with E-state index in [1.807, 2.05) is 18.2 Å². The van der Waals surface area contributed by atoms with Crippen molar-refractivity contribution in [2.45, 2.75) is 22.6 Å². The van der Waals surface area contributed by atoms with Crippen LogP contribution in [0.25, 0.3) is 0 Å². The first-order valence-electron chi connectivity index (χ1n) is 7.75. The molecule has 0 saturated carbocycles. The lowest BCUT2D eigenvalue weighted by atomic mass is 10.2. The Bertz CT molecular complexity index is 1010. The summed E-state index contributed by atoms with van der Waals surface area (Å²) in [5, 5.41) is 6.91. The number of fused-ring (bicyclic) bond motifs is 2. The van der Waals surface area contributed by atoms with Gasteiger partial charge >= 0.3 is 6.18 Å². The molecule has 0 spiro atoms. The molecule has 1 aliphatic heterocycles. The highest BCUT2D eigenvalue weighted by atomic mass is 35.5. The first-order valence-corrected chi connectivity index (χ1v) is 8.95. The van der Waals surface area contributed by atoms with Crippen molar-refractivity contribution < 1.29 is 13.2 Å². The Morgan fingerprint density at radius 2 is 1.93 bits per heavy atom. The van der Waals surface area contributed by atoms with Gasteiger partial charge in [-0.2, -0.15) is 13.2 Å². The first kappa shape index (κ1) is 17.9. The van der Waals surface area contributed by atoms with Gasteiger partial charge in [0.1, 0.15) is 10.8 Å². The molecule has 138 valence electrons. The number of halogens is 4. The maximum Gasteiger partial charge on any atom is 0.417 e. The first-order chi connectivity index (χ1) is 12.9. The Morgan fingerprint density at radius 3 is 2.70 bits per heavy atom. The third kappa shape index (κ3) is 3.79. The molecule has 1 aliphatic rings. The van der Waals surface area contributed by atoms with Gasteiger partial charge in [0, 0.05) is 30.0 Å². The zero-order chi connectivity index (χ0) is 19.0. The summed E-state index contributed by atoms with van der Waals surface area (Å²) in [6.07, 6.45) is -0.469. The summed E-state index contributed by atoms with van der Waals surface area (Å²) in [6, 6.07) is 6.66. The Hall–Kier alpha value is -2.52. The number of benzene rings is 1. The molecule has 1 aromatic carbocycles. The average Bonchev–Trinajstić information content (AvgIpc) is 2.64. The lowest BCUT2D eigenvalue weighted by molar-refractivity contribution is -0.137. The van der Waals surface area contributed by atoms with Crippen LogP contribution in [0.4, 0.5) is 30.5 Å². The van der Waals surface area contributed by atoms with Gasteiger partial charge in [-0.15, -0.1) is 0 Å². The van der Waals surface area contributed by atoms with Crippen LogP contribution in [0, 0.1) is 0 Å². The predicted octanol–water partition coefficient (Wildman–Crippen LogP) is 5.36. The zero-order valence-electron chi connectivity index (χ0n) is 13.5. The van der Waals surface area contributed by atoms with Crippen LogP contribution in [0.5, 0.6) is 0 Å². The lowest BCUT2D eigenvalue weighted by Gasteiger charge is -2.19. The molecule has 3 heterocycles. The average molecular weight is 410 g/mol. The Balaban J connectivity index is 1.49. The van der Waals surface area contributed by atoms with E-state index in [0.29, 0.717) is 12.4 Å². The number of alkyl halides is 3. The number of pyridine rings is 1. The molecule has 0 atom stereocenters. The van der Waals surface area contributed by atoms with Gasteiger partial charge in [-0.05, 0) is 23.8 Å². The van der Waals surface area contributed by atoms with E-state index in [-0.39, 0.29) is 10.8 Å².